The summed E-state index contributed by atoms with van der Waals surface area (Å²) in [6.45, 7) is 3.82. The van der Waals surface area contributed by atoms with E-state index in [9.17, 15) is 0 Å². The molecule has 138 valence electrons. The normalized spacial score (nSPS) is 11.8. The predicted octanol–water partition coefficient (Wildman–Crippen LogP) is 3.54. The smallest absolute Gasteiger partial charge is 0.191 e. The van der Waals surface area contributed by atoms with Gasteiger partial charge in [-0.2, -0.15) is 0 Å². The maximum Gasteiger partial charge on any atom is 0.191 e. The molecule has 0 atom stereocenters. The molecule has 2 heterocycles. The van der Waals surface area contributed by atoms with Gasteiger partial charge in [-0.3, -0.25) is 9.39 Å². The Bertz CT molecular complexity index is 634. The van der Waals surface area contributed by atoms with E-state index in [1.165, 1.54) is 51.4 Å². The van der Waals surface area contributed by atoms with Crippen molar-refractivity contribution in [2.75, 3.05) is 13.6 Å². The molecule has 0 saturated heterocycles. The molecule has 25 heavy (non-hydrogen) atoms. The second-order valence-corrected chi connectivity index (χ2v) is 6.37. The van der Waals surface area contributed by atoms with E-state index in [0.717, 1.165) is 24.0 Å². The first-order valence-electron chi connectivity index (χ1n) is 9.58. The van der Waals surface area contributed by atoms with E-state index in [1.807, 2.05) is 28.8 Å². The Morgan fingerprint density at radius 2 is 1.76 bits per heavy atom. The summed E-state index contributed by atoms with van der Waals surface area (Å²) in [4.78, 5) is 4.27. The van der Waals surface area contributed by atoms with Crippen LogP contribution in [0.5, 0.6) is 0 Å². The number of aromatic nitrogens is 3. The number of pyridine rings is 1. The van der Waals surface area contributed by atoms with Crippen LogP contribution in [0.3, 0.4) is 0 Å². The molecule has 0 aliphatic heterocycles. The topological polar surface area (TPSA) is 66.6 Å². The summed E-state index contributed by atoms with van der Waals surface area (Å²) in [5, 5.41) is 15.1. The van der Waals surface area contributed by atoms with Crippen molar-refractivity contribution in [2.24, 2.45) is 4.99 Å². The fourth-order valence-electron chi connectivity index (χ4n) is 2.86. The Balaban J connectivity index is 1.60. The summed E-state index contributed by atoms with van der Waals surface area (Å²) in [7, 11) is 1.80. The third-order valence-electron chi connectivity index (χ3n) is 4.34. The van der Waals surface area contributed by atoms with Gasteiger partial charge in [0.25, 0.3) is 0 Å². The molecule has 0 bridgehead atoms. The third kappa shape index (κ3) is 6.72. The zero-order valence-corrected chi connectivity index (χ0v) is 15.7. The van der Waals surface area contributed by atoms with E-state index in [-0.39, 0.29) is 0 Å². The quantitative estimate of drug-likeness (QED) is 0.372. The molecule has 0 aliphatic carbocycles. The average Bonchev–Trinajstić information content (AvgIpc) is 3.06. The van der Waals surface area contributed by atoms with Crippen LogP contribution >= 0.6 is 0 Å². The Labute approximate surface area is 151 Å². The second kappa shape index (κ2) is 11.4. The fraction of sp³-hybridized carbons (Fsp3) is 0.632. The van der Waals surface area contributed by atoms with Gasteiger partial charge in [0.2, 0.25) is 0 Å². The van der Waals surface area contributed by atoms with Gasteiger partial charge in [-0.15, -0.1) is 10.2 Å². The monoisotopic (exact) mass is 344 g/mol. The van der Waals surface area contributed by atoms with Gasteiger partial charge in [0.05, 0.1) is 6.54 Å². The number of nitrogens with one attached hydrogen (secondary N) is 2. The van der Waals surface area contributed by atoms with Gasteiger partial charge in [-0.25, -0.2) is 0 Å². The van der Waals surface area contributed by atoms with E-state index in [4.69, 9.17) is 0 Å². The standard InChI is InChI=1S/C19H32N6/c1-3-4-5-6-7-8-9-11-14-21-19(20-2)22-16-18-24-23-17-13-10-12-15-25(17)18/h10,12-13,15H,3-9,11,14,16H2,1-2H3,(H2,20,21,22). The molecule has 0 spiro atoms. The van der Waals surface area contributed by atoms with E-state index < -0.39 is 0 Å². The highest BCUT2D eigenvalue weighted by Gasteiger charge is 2.05. The fourth-order valence-corrected chi connectivity index (χ4v) is 2.86. The Kier molecular flexibility index (Phi) is 8.80. The van der Waals surface area contributed by atoms with Crippen molar-refractivity contribution in [1.29, 1.82) is 0 Å². The highest BCUT2D eigenvalue weighted by atomic mass is 15.3. The lowest BCUT2D eigenvalue weighted by atomic mass is 10.1. The van der Waals surface area contributed by atoms with Crippen molar-refractivity contribution >= 4 is 11.6 Å². The summed E-state index contributed by atoms with van der Waals surface area (Å²) >= 11 is 0. The lowest BCUT2D eigenvalue weighted by Crippen LogP contribution is -2.37. The van der Waals surface area contributed by atoms with E-state index in [1.54, 1.807) is 7.05 Å². The lowest BCUT2D eigenvalue weighted by molar-refractivity contribution is 0.571. The van der Waals surface area contributed by atoms with Crippen molar-refractivity contribution in [3.63, 3.8) is 0 Å². The molecule has 0 saturated carbocycles. The van der Waals surface area contributed by atoms with Crippen LogP contribution in [-0.2, 0) is 6.54 Å². The van der Waals surface area contributed by atoms with Gasteiger partial charge in [-0.05, 0) is 18.6 Å². The minimum atomic E-state index is 0.599. The molecule has 0 amide bonds. The third-order valence-corrected chi connectivity index (χ3v) is 4.34. The lowest BCUT2D eigenvalue weighted by Gasteiger charge is -2.11. The molecule has 6 nitrogen and oxygen atoms in total. The molecule has 0 unspecified atom stereocenters. The SMILES string of the molecule is CCCCCCCCCCNC(=NC)NCc1nnc2ccccn12. The maximum absolute atomic E-state index is 4.27. The first kappa shape index (κ1) is 19.2. The molecule has 6 heteroatoms. The number of hydrogen-bond donors (Lipinski definition) is 2. The van der Waals surface area contributed by atoms with Gasteiger partial charge >= 0.3 is 0 Å². The van der Waals surface area contributed by atoms with Gasteiger partial charge in [0, 0.05) is 19.8 Å². The second-order valence-electron chi connectivity index (χ2n) is 6.37. The zero-order valence-electron chi connectivity index (χ0n) is 15.7. The highest BCUT2D eigenvalue weighted by molar-refractivity contribution is 5.79. The van der Waals surface area contributed by atoms with Crippen LogP contribution in [0.1, 0.15) is 64.1 Å². The molecule has 2 aromatic heterocycles. The van der Waals surface area contributed by atoms with E-state index >= 15 is 0 Å². The molecule has 2 aromatic rings. The number of guanidine groups is 1. The summed E-state index contributed by atoms with van der Waals surface area (Å²) in [5.74, 6) is 1.70. The molecule has 0 radical (unpaired) electrons. The summed E-state index contributed by atoms with van der Waals surface area (Å²) in [6.07, 6.45) is 12.6. The van der Waals surface area contributed by atoms with Crippen molar-refractivity contribution < 1.29 is 0 Å². The molecular formula is C19H32N6. The predicted molar refractivity (Wildman–Crippen MR) is 104 cm³/mol. The van der Waals surface area contributed by atoms with Crippen LogP contribution in [-0.4, -0.2) is 34.2 Å². The molecule has 2 rings (SSSR count). The largest absolute Gasteiger partial charge is 0.356 e. The highest BCUT2D eigenvalue weighted by Crippen LogP contribution is 2.08. The minimum Gasteiger partial charge on any atom is -0.356 e. The van der Waals surface area contributed by atoms with Crippen molar-refractivity contribution in [3.05, 3.63) is 30.2 Å². The number of hydrogen-bond acceptors (Lipinski definition) is 3. The number of rotatable bonds is 11. The van der Waals surface area contributed by atoms with Crippen LogP contribution in [0.4, 0.5) is 0 Å². The Hall–Kier alpha value is -2.11. The van der Waals surface area contributed by atoms with Gasteiger partial charge in [0.15, 0.2) is 17.4 Å². The van der Waals surface area contributed by atoms with Gasteiger partial charge in [0.1, 0.15) is 0 Å². The molecular weight excluding hydrogens is 312 g/mol. The Morgan fingerprint density at radius 3 is 2.52 bits per heavy atom. The molecule has 0 aromatic carbocycles. The molecule has 0 fully saturated rings. The van der Waals surface area contributed by atoms with Crippen LogP contribution in [0, 0.1) is 0 Å². The number of aliphatic imine (C=N–C) groups is 1. The minimum absolute atomic E-state index is 0.599. The van der Waals surface area contributed by atoms with Crippen LogP contribution in [0.15, 0.2) is 29.4 Å². The number of fused-ring (bicyclic) bond motifs is 1. The van der Waals surface area contributed by atoms with Gasteiger partial charge < -0.3 is 10.6 Å². The zero-order chi connectivity index (χ0) is 17.7. The van der Waals surface area contributed by atoms with Crippen LogP contribution < -0.4 is 10.6 Å². The van der Waals surface area contributed by atoms with Gasteiger partial charge in [-0.1, -0.05) is 57.9 Å². The first-order chi connectivity index (χ1) is 12.3. The number of nitrogens with zero attached hydrogens (tertiary/aromatic N) is 4. The molecule has 0 aliphatic rings. The van der Waals surface area contributed by atoms with Crippen LogP contribution in [0.2, 0.25) is 0 Å². The van der Waals surface area contributed by atoms with Crippen molar-refractivity contribution in [3.8, 4) is 0 Å². The van der Waals surface area contributed by atoms with Crippen molar-refractivity contribution in [1.82, 2.24) is 25.2 Å². The molecule has 2 N–H and O–H groups in total. The summed E-state index contributed by atoms with van der Waals surface area (Å²) in [6, 6.07) is 5.90. The van der Waals surface area contributed by atoms with E-state index in [2.05, 4.69) is 32.7 Å². The summed E-state index contributed by atoms with van der Waals surface area (Å²) in [5.41, 5.74) is 0.862. The van der Waals surface area contributed by atoms with Crippen LogP contribution in [0.25, 0.3) is 5.65 Å². The summed E-state index contributed by atoms with van der Waals surface area (Å²) < 4.78 is 1.98. The maximum atomic E-state index is 4.27. The number of unbranched alkanes of at least 4 members (excludes halogenated alkanes) is 7. The van der Waals surface area contributed by atoms with E-state index in [0.29, 0.717) is 6.54 Å². The Morgan fingerprint density at radius 1 is 1.00 bits per heavy atom. The average molecular weight is 345 g/mol. The van der Waals surface area contributed by atoms with Crippen molar-refractivity contribution in [2.45, 2.75) is 64.8 Å². The first-order valence-corrected chi connectivity index (χ1v) is 9.58.